The van der Waals surface area contributed by atoms with Gasteiger partial charge in [-0.1, -0.05) is 41.8 Å². The van der Waals surface area contributed by atoms with E-state index in [2.05, 4.69) is 42.6 Å². The van der Waals surface area contributed by atoms with Crippen LogP contribution >= 0.6 is 11.6 Å². The fourth-order valence-corrected chi connectivity index (χ4v) is 3.30. The van der Waals surface area contributed by atoms with E-state index in [0.29, 0.717) is 6.04 Å². The van der Waals surface area contributed by atoms with Gasteiger partial charge in [0.1, 0.15) is 11.3 Å². The van der Waals surface area contributed by atoms with Gasteiger partial charge in [0.25, 0.3) is 0 Å². The lowest BCUT2D eigenvalue weighted by Crippen LogP contribution is -2.34. The Kier molecular flexibility index (Phi) is 3.88. The Morgan fingerprint density at radius 2 is 1.91 bits per heavy atom. The Balaban J connectivity index is 1.79. The van der Waals surface area contributed by atoms with Crippen LogP contribution in [-0.2, 0) is 6.54 Å². The average molecular weight is 326 g/mol. The van der Waals surface area contributed by atoms with Gasteiger partial charge in [-0.2, -0.15) is 0 Å². The summed E-state index contributed by atoms with van der Waals surface area (Å²) in [5.41, 5.74) is 4.54. The molecule has 0 saturated heterocycles. The summed E-state index contributed by atoms with van der Waals surface area (Å²) in [6, 6.07) is 15.0. The number of rotatable bonds is 4. The van der Waals surface area contributed by atoms with Gasteiger partial charge in [0.15, 0.2) is 0 Å². The number of hydrogen-bond acceptors (Lipinski definition) is 2. The number of halogens is 1. The van der Waals surface area contributed by atoms with E-state index in [0.717, 1.165) is 28.5 Å². The first kappa shape index (κ1) is 14.8. The molecule has 2 nitrogen and oxygen atoms in total. The summed E-state index contributed by atoms with van der Waals surface area (Å²) in [5, 5.41) is 5.55. The van der Waals surface area contributed by atoms with Crippen LogP contribution in [0.1, 0.15) is 30.6 Å². The van der Waals surface area contributed by atoms with Gasteiger partial charge in [0.05, 0.1) is 6.54 Å². The van der Waals surface area contributed by atoms with Crippen molar-refractivity contribution < 1.29 is 4.42 Å². The minimum absolute atomic E-state index is 0.642. The Bertz CT molecular complexity index is 831. The van der Waals surface area contributed by atoms with Crippen LogP contribution in [-0.4, -0.2) is 6.04 Å². The van der Waals surface area contributed by atoms with Gasteiger partial charge in [-0.3, -0.25) is 0 Å². The number of furan rings is 1. The highest BCUT2D eigenvalue weighted by Crippen LogP contribution is 2.36. The fourth-order valence-electron chi connectivity index (χ4n) is 3.17. The highest BCUT2D eigenvalue weighted by Gasteiger charge is 2.20. The molecule has 1 saturated carbocycles. The molecule has 1 N–H and O–H groups in total. The maximum Gasteiger partial charge on any atom is 0.135 e. The van der Waals surface area contributed by atoms with Crippen molar-refractivity contribution in [2.45, 2.75) is 38.8 Å². The van der Waals surface area contributed by atoms with Crippen LogP contribution in [0.3, 0.4) is 0 Å². The number of hydrogen-bond donors (Lipinski definition) is 1. The van der Waals surface area contributed by atoms with Crippen molar-refractivity contribution in [2.24, 2.45) is 0 Å². The predicted octanol–water partition coefficient (Wildman–Crippen LogP) is 5.70. The van der Waals surface area contributed by atoms with E-state index >= 15 is 0 Å². The Morgan fingerprint density at radius 3 is 2.61 bits per heavy atom. The lowest BCUT2D eigenvalue weighted by molar-refractivity contribution is 0.327. The first-order valence-electron chi connectivity index (χ1n) is 8.22. The third-order valence-electron chi connectivity index (χ3n) is 4.71. The van der Waals surface area contributed by atoms with Crippen molar-refractivity contribution in [2.75, 3.05) is 0 Å². The summed E-state index contributed by atoms with van der Waals surface area (Å²) in [7, 11) is 0. The zero-order valence-electron chi connectivity index (χ0n) is 13.2. The highest BCUT2D eigenvalue weighted by molar-refractivity contribution is 6.30. The normalized spacial score (nSPS) is 15.0. The Labute approximate surface area is 141 Å². The Morgan fingerprint density at radius 1 is 1.13 bits per heavy atom. The number of benzene rings is 2. The maximum atomic E-state index is 6.16. The van der Waals surface area contributed by atoms with Crippen molar-refractivity contribution in [3.8, 4) is 11.1 Å². The smallest absolute Gasteiger partial charge is 0.135 e. The summed E-state index contributed by atoms with van der Waals surface area (Å²) in [5.74, 6) is 1.01. The quantitative estimate of drug-likeness (QED) is 0.665. The first-order chi connectivity index (χ1) is 11.2. The maximum absolute atomic E-state index is 6.16. The van der Waals surface area contributed by atoms with Crippen LogP contribution in [0.4, 0.5) is 0 Å². The van der Waals surface area contributed by atoms with E-state index in [1.54, 1.807) is 0 Å². The van der Waals surface area contributed by atoms with Crippen molar-refractivity contribution in [3.63, 3.8) is 0 Å². The number of aryl methyl sites for hydroxylation is 1. The van der Waals surface area contributed by atoms with Crippen molar-refractivity contribution in [1.82, 2.24) is 5.32 Å². The second kappa shape index (κ2) is 6.03. The van der Waals surface area contributed by atoms with Crippen LogP contribution in [0.2, 0.25) is 5.02 Å². The van der Waals surface area contributed by atoms with Crippen LogP contribution in [0.15, 0.2) is 46.9 Å². The molecule has 0 spiro atoms. The summed E-state index contributed by atoms with van der Waals surface area (Å²) < 4.78 is 6.16. The molecule has 0 radical (unpaired) electrons. The molecule has 23 heavy (non-hydrogen) atoms. The number of fused-ring (bicyclic) bond motifs is 1. The molecule has 118 valence electrons. The zero-order chi connectivity index (χ0) is 15.8. The zero-order valence-corrected chi connectivity index (χ0v) is 14.0. The molecule has 1 heterocycles. The van der Waals surface area contributed by atoms with Crippen LogP contribution in [0, 0.1) is 6.92 Å². The molecule has 3 aromatic rings. The summed E-state index contributed by atoms with van der Waals surface area (Å²) in [6.45, 7) is 2.89. The van der Waals surface area contributed by atoms with E-state index in [9.17, 15) is 0 Å². The molecular formula is C20H20ClNO. The lowest BCUT2D eigenvalue weighted by Gasteiger charge is -2.26. The molecule has 1 aliphatic carbocycles. The molecule has 3 heteroatoms. The van der Waals surface area contributed by atoms with Gasteiger partial charge in [-0.25, -0.2) is 0 Å². The third-order valence-corrected chi connectivity index (χ3v) is 4.96. The minimum atomic E-state index is 0.642. The van der Waals surface area contributed by atoms with Gasteiger partial charge in [-0.05, 0) is 49.6 Å². The van der Waals surface area contributed by atoms with Crippen molar-refractivity contribution in [3.05, 3.63) is 58.8 Å². The van der Waals surface area contributed by atoms with E-state index in [1.165, 1.54) is 35.8 Å². The largest absolute Gasteiger partial charge is 0.459 e. The van der Waals surface area contributed by atoms with Gasteiger partial charge in [0, 0.05) is 22.0 Å². The lowest BCUT2D eigenvalue weighted by atomic mass is 9.93. The molecule has 2 aromatic carbocycles. The molecule has 0 aliphatic heterocycles. The fraction of sp³-hybridized carbons (Fsp3) is 0.300. The standard InChI is InChI=1S/C20H20ClNO/c1-13-5-10-18-17(11-13)20(14-6-8-15(21)9-7-14)19(23-18)12-22-16-3-2-4-16/h5-11,16,22H,2-4,12H2,1H3. The van der Waals surface area contributed by atoms with Crippen LogP contribution in [0.25, 0.3) is 22.1 Å². The SMILES string of the molecule is Cc1ccc2oc(CNC3CCC3)c(-c3ccc(Cl)cc3)c2c1. The van der Waals surface area contributed by atoms with Gasteiger partial charge < -0.3 is 9.73 Å². The second-order valence-corrected chi connectivity index (χ2v) is 6.85. The summed E-state index contributed by atoms with van der Waals surface area (Å²) in [6.07, 6.45) is 3.88. The molecule has 4 rings (SSSR count). The second-order valence-electron chi connectivity index (χ2n) is 6.42. The molecule has 0 amide bonds. The molecule has 0 atom stereocenters. The third kappa shape index (κ3) is 2.89. The topological polar surface area (TPSA) is 25.2 Å². The molecule has 1 aliphatic rings. The van der Waals surface area contributed by atoms with Crippen molar-refractivity contribution in [1.29, 1.82) is 0 Å². The van der Waals surface area contributed by atoms with E-state index in [4.69, 9.17) is 16.0 Å². The van der Waals surface area contributed by atoms with Crippen LogP contribution in [0.5, 0.6) is 0 Å². The van der Waals surface area contributed by atoms with Gasteiger partial charge >= 0.3 is 0 Å². The van der Waals surface area contributed by atoms with Crippen LogP contribution < -0.4 is 5.32 Å². The first-order valence-corrected chi connectivity index (χ1v) is 8.60. The van der Waals surface area contributed by atoms with E-state index in [-0.39, 0.29) is 0 Å². The minimum Gasteiger partial charge on any atom is -0.459 e. The monoisotopic (exact) mass is 325 g/mol. The molecule has 0 bridgehead atoms. The molecular weight excluding hydrogens is 306 g/mol. The Hall–Kier alpha value is -1.77. The number of nitrogens with one attached hydrogen (secondary N) is 1. The van der Waals surface area contributed by atoms with Crippen molar-refractivity contribution >= 4 is 22.6 Å². The molecule has 1 fully saturated rings. The summed E-state index contributed by atoms with van der Waals surface area (Å²) >= 11 is 6.05. The van der Waals surface area contributed by atoms with E-state index < -0.39 is 0 Å². The van der Waals surface area contributed by atoms with E-state index in [1.807, 2.05) is 12.1 Å². The average Bonchev–Trinajstić information content (AvgIpc) is 2.84. The molecule has 1 aromatic heterocycles. The summed E-state index contributed by atoms with van der Waals surface area (Å²) in [4.78, 5) is 0. The predicted molar refractivity (Wildman–Crippen MR) is 95.9 cm³/mol. The highest BCUT2D eigenvalue weighted by atomic mass is 35.5. The molecule has 0 unspecified atom stereocenters. The van der Waals surface area contributed by atoms with Gasteiger partial charge in [0.2, 0.25) is 0 Å². The van der Waals surface area contributed by atoms with Gasteiger partial charge in [-0.15, -0.1) is 0 Å².